The molecule has 2 aromatic rings. The van der Waals surface area contributed by atoms with Crippen LogP contribution in [0.15, 0.2) is 30.3 Å². The molecule has 106 valence electrons. The Morgan fingerprint density at radius 2 is 1.95 bits per heavy atom. The zero-order valence-electron chi connectivity index (χ0n) is 12.2. The van der Waals surface area contributed by atoms with Crippen LogP contribution in [0.5, 0.6) is 0 Å². The maximum absolute atomic E-state index is 6.89. The van der Waals surface area contributed by atoms with Crippen molar-refractivity contribution in [2.75, 3.05) is 0 Å². The molecule has 1 saturated carbocycles. The SMILES string of the molecule is Cc1nc(C2(N)CCCCC2c2ccccc2)sc1C. The largest absolute Gasteiger partial charge is 0.319 e. The van der Waals surface area contributed by atoms with Gasteiger partial charge in [0.2, 0.25) is 0 Å². The molecule has 0 amide bonds. The molecule has 0 aliphatic heterocycles. The normalized spacial score (nSPS) is 26.6. The predicted molar refractivity (Wildman–Crippen MR) is 85.1 cm³/mol. The van der Waals surface area contributed by atoms with E-state index in [1.165, 1.54) is 23.3 Å². The van der Waals surface area contributed by atoms with E-state index in [0.29, 0.717) is 5.92 Å². The highest BCUT2D eigenvalue weighted by Crippen LogP contribution is 2.46. The minimum atomic E-state index is -0.288. The van der Waals surface area contributed by atoms with E-state index in [2.05, 4.69) is 44.2 Å². The standard InChI is InChI=1S/C17H22N2S/c1-12-13(2)20-16(19-12)17(18)11-7-6-10-15(17)14-8-4-3-5-9-14/h3-5,8-9,15H,6-7,10-11,18H2,1-2H3. The molecular weight excluding hydrogens is 264 g/mol. The second-order valence-electron chi connectivity index (χ2n) is 5.91. The molecule has 1 aliphatic rings. The number of hydrogen-bond donors (Lipinski definition) is 1. The van der Waals surface area contributed by atoms with Crippen molar-refractivity contribution in [1.82, 2.24) is 4.98 Å². The molecule has 0 radical (unpaired) electrons. The van der Waals surface area contributed by atoms with Gasteiger partial charge < -0.3 is 5.73 Å². The van der Waals surface area contributed by atoms with Gasteiger partial charge in [-0.25, -0.2) is 4.98 Å². The van der Waals surface area contributed by atoms with Crippen LogP contribution in [0.25, 0.3) is 0 Å². The predicted octanol–water partition coefficient (Wildman–Crippen LogP) is 4.27. The summed E-state index contributed by atoms with van der Waals surface area (Å²) in [5, 5.41) is 1.13. The Kier molecular flexibility index (Phi) is 3.65. The number of aromatic nitrogens is 1. The highest BCUT2D eigenvalue weighted by atomic mass is 32.1. The second-order valence-corrected chi connectivity index (χ2v) is 7.11. The third-order valence-electron chi connectivity index (χ3n) is 4.58. The summed E-state index contributed by atoms with van der Waals surface area (Å²) in [7, 11) is 0. The Hall–Kier alpha value is -1.19. The summed E-state index contributed by atoms with van der Waals surface area (Å²) in [5.41, 5.74) is 9.09. The van der Waals surface area contributed by atoms with Crippen LogP contribution >= 0.6 is 11.3 Å². The first-order chi connectivity index (χ1) is 9.61. The van der Waals surface area contributed by atoms with Gasteiger partial charge in [-0.05, 0) is 32.3 Å². The monoisotopic (exact) mass is 286 g/mol. The number of rotatable bonds is 2. The van der Waals surface area contributed by atoms with Gasteiger partial charge >= 0.3 is 0 Å². The number of aryl methyl sites for hydroxylation is 2. The van der Waals surface area contributed by atoms with Gasteiger partial charge in [-0.3, -0.25) is 0 Å². The lowest BCUT2D eigenvalue weighted by Crippen LogP contribution is -2.44. The van der Waals surface area contributed by atoms with E-state index in [1.807, 2.05) is 0 Å². The molecule has 2 nitrogen and oxygen atoms in total. The molecule has 3 rings (SSSR count). The van der Waals surface area contributed by atoms with Crippen molar-refractivity contribution in [1.29, 1.82) is 0 Å². The van der Waals surface area contributed by atoms with E-state index in [4.69, 9.17) is 10.7 Å². The zero-order chi connectivity index (χ0) is 14.2. The van der Waals surface area contributed by atoms with E-state index in [-0.39, 0.29) is 5.54 Å². The Balaban J connectivity index is 2.03. The fourth-order valence-electron chi connectivity index (χ4n) is 3.27. The van der Waals surface area contributed by atoms with E-state index >= 15 is 0 Å². The molecule has 1 aliphatic carbocycles. The molecule has 2 unspecified atom stereocenters. The average molecular weight is 286 g/mol. The van der Waals surface area contributed by atoms with E-state index in [9.17, 15) is 0 Å². The first-order valence-corrected chi connectivity index (χ1v) is 8.21. The third kappa shape index (κ3) is 2.29. The van der Waals surface area contributed by atoms with Crippen LogP contribution in [0.3, 0.4) is 0 Å². The molecule has 1 aromatic carbocycles. The lowest BCUT2D eigenvalue weighted by molar-refractivity contribution is 0.253. The van der Waals surface area contributed by atoms with Crippen LogP contribution in [0.4, 0.5) is 0 Å². The molecular formula is C17H22N2S. The van der Waals surface area contributed by atoms with Crippen LogP contribution in [0.2, 0.25) is 0 Å². The summed E-state index contributed by atoms with van der Waals surface area (Å²) < 4.78 is 0. The van der Waals surface area contributed by atoms with Crippen LogP contribution in [-0.2, 0) is 5.54 Å². The Morgan fingerprint density at radius 1 is 1.20 bits per heavy atom. The van der Waals surface area contributed by atoms with Crippen LogP contribution in [0.1, 0.15) is 52.7 Å². The van der Waals surface area contributed by atoms with Crippen molar-refractivity contribution in [2.24, 2.45) is 5.73 Å². The van der Waals surface area contributed by atoms with Gasteiger partial charge in [0.1, 0.15) is 5.01 Å². The molecule has 1 aromatic heterocycles. The van der Waals surface area contributed by atoms with Crippen molar-refractivity contribution in [3.63, 3.8) is 0 Å². The second kappa shape index (κ2) is 5.30. The highest BCUT2D eigenvalue weighted by molar-refractivity contribution is 7.11. The van der Waals surface area contributed by atoms with Crippen molar-refractivity contribution < 1.29 is 0 Å². The van der Waals surface area contributed by atoms with Gasteiger partial charge in [-0.1, -0.05) is 43.2 Å². The van der Waals surface area contributed by atoms with Crippen molar-refractivity contribution in [2.45, 2.75) is 51.0 Å². The maximum atomic E-state index is 6.89. The first-order valence-electron chi connectivity index (χ1n) is 7.39. The van der Waals surface area contributed by atoms with Crippen molar-refractivity contribution >= 4 is 11.3 Å². The van der Waals surface area contributed by atoms with Crippen molar-refractivity contribution in [3.05, 3.63) is 51.5 Å². The molecule has 1 heterocycles. The maximum Gasteiger partial charge on any atom is 0.114 e. The number of nitrogens with two attached hydrogens (primary N) is 1. The Bertz CT molecular complexity index is 571. The van der Waals surface area contributed by atoms with Gasteiger partial charge in [0.05, 0.1) is 11.2 Å². The summed E-state index contributed by atoms with van der Waals surface area (Å²) in [4.78, 5) is 6.07. The Morgan fingerprint density at radius 3 is 2.60 bits per heavy atom. The van der Waals surface area contributed by atoms with Gasteiger partial charge in [-0.2, -0.15) is 0 Å². The van der Waals surface area contributed by atoms with Crippen LogP contribution in [-0.4, -0.2) is 4.98 Å². The van der Waals surface area contributed by atoms with Crippen molar-refractivity contribution in [3.8, 4) is 0 Å². The van der Waals surface area contributed by atoms with Gasteiger partial charge in [-0.15, -0.1) is 11.3 Å². The minimum Gasteiger partial charge on any atom is -0.319 e. The number of benzene rings is 1. The quantitative estimate of drug-likeness (QED) is 0.895. The highest BCUT2D eigenvalue weighted by Gasteiger charge is 2.42. The average Bonchev–Trinajstić information content (AvgIpc) is 2.81. The lowest BCUT2D eigenvalue weighted by atomic mass is 9.70. The fourth-order valence-corrected chi connectivity index (χ4v) is 4.38. The number of thiazole rings is 1. The summed E-state index contributed by atoms with van der Waals surface area (Å²) in [6.07, 6.45) is 4.68. The third-order valence-corrected chi connectivity index (χ3v) is 5.85. The summed E-state index contributed by atoms with van der Waals surface area (Å²) >= 11 is 1.78. The molecule has 2 atom stereocenters. The fraction of sp³-hybridized carbons (Fsp3) is 0.471. The van der Waals surface area contributed by atoms with E-state index in [1.54, 1.807) is 11.3 Å². The Labute approximate surface area is 125 Å². The molecule has 1 fully saturated rings. The first kappa shape index (κ1) is 13.8. The lowest BCUT2D eigenvalue weighted by Gasteiger charge is -2.40. The van der Waals surface area contributed by atoms with E-state index in [0.717, 1.165) is 23.5 Å². The molecule has 0 bridgehead atoms. The molecule has 2 N–H and O–H groups in total. The van der Waals surface area contributed by atoms with Crippen LogP contribution in [0, 0.1) is 13.8 Å². The minimum absolute atomic E-state index is 0.288. The number of nitrogens with zero attached hydrogens (tertiary/aromatic N) is 1. The van der Waals surface area contributed by atoms with E-state index < -0.39 is 0 Å². The van der Waals surface area contributed by atoms with Crippen LogP contribution < -0.4 is 5.73 Å². The smallest absolute Gasteiger partial charge is 0.114 e. The molecule has 3 heteroatoms. The topological polar surface area (TPSA) is 38.9 Å². The summed E-state index contributed by atoms with van der Waals surface area (Å²) in [6.45, 7) is 4.22. The van der Waals surface area contributed by atoms with Gasteiger partial charge in [0, 0.05) is 10.8 Å². The molecule has 20 heavy (non-hydrogen) atoms. The zero-order valence-corrected chi connectivity index (χ0v) is 13.0. The molecule has 0 saturated heterocycles. The van der Waals surface area contributed by atoms with Gasteiger partial charge in [0.15, 0.2) is 0 Å². The van der Waals surface area contributed by atoms with Gasteiger partial charge in [0.25, 0.3) is 0 Å². The summed E-state index contributed by atoms with van der Waals surface area (Å²) in [5.74, 6) is 0.391. The summed E-state index contributed by atoms with van der Waals surface area (Å²) in [6, 6.07) is 10.7. The number of hydrogen-bond acceptors (Lipinski definition) is 3. The molecule has 0 spiro atoms.